The molecule has 0 spiro atoms. The van der Waals surface area contributed by atoms with Gasteiger partial charge in [0.2, 0.25) is 0 Å². The summed E-state index contributed by atoms with van der Waals surface area (Å²) < 4.78 is 1.29. The van der Waals surface area contributed by atoms with Gasteiger partial charge in [-0.05, 0) is 29.6 Å². The number of rotatable bonds is 2. The van der Waals surface area contributed by atoms with Gasteiger partial charge in [0.25, 0.3) is 0 Å². The van der Waals surface area contributed by atoms with Crippen LogP contribution in [0.1, 0.15) is 0 Å². The van der Waals surface area contributed by atoms with Crippen molar-refractivity contribution >= 4 is 34.7 Å². The van der Waals surface area contributed by atoms with Crippen molar-refractivity contribution in [3.05, 3.63) is 46.8 Å². The van der Waals surface area contributed by atoms with Gasteiger partial charge in [0, 0.05) is 9.92 Å². The van der Waals surface area contributed by atoms with E-state index in [4.69, 9.17) is 11.6 Å². The Morgan fingerprint density at radius 2 is 2.08 bits per heavy atom. The first kappa shape index (κ1) is 9.13. The maximum absolute atomic E-state index is 5.88. The average Bonchev–Trinajstić information content (AvgIpc) is 2.57. The minimum Gasteiger partial charge on any atom is -0.137 e. The van der Waals surface area contributed by atoms with Gasteiger partial charge in [0.1, 0.15) is 0 Å². The molecule has 1 aromatic heterocycles. The van der Waals surface area contributed by atoms with E-state index in [0.717, 1.165) is 5.02 Å². The summed E-state index contributed by atoms with van der Waals surface area (Å²) in [5, 5.41) is 2.87. The molecule has 0 aliphatic carbocycles. The van der Waals surface area contributed by atoms with Gasteiger partial charge in [-0.25, -0.2) is 0 Å². The Morgan fingerprint density at radius 3 is 2.77 bits per heavy atom. The van der Waals surface area contributed by atoms with E-state index in [1.54, 1.807) is 23.1 Å². The summed E-state index contributed by atoms with van der Waals surface area (Å²) in [5.74, 6) is 0. The Labute approximate surface area is 90.6 Å². The first-order valence-electron chi connectivity index (χ1n) is 3.81. The molecule has 0 nitrogen and oxygen atoms in total. The lowest BCUT2D eigenvalue weighted by Crippen LogP contribution is -1.68. The lowest BCUT2D eigenvalue weighted by Gasteiger charge is -1.97. The van der Waals surface area contributed by atoms with Crippen LogP contribution in [0.25, 0.3) is 0 Å². The van der Waals surface area contributed by atoms with Crippen molar-refractivity contribution in [2.45, 2.75) is 9.10 Å². The lowest BCUT2D eigenvalue weighted by atomic mass is 10.4. The van der Waals surface area contributed by atoms with E-state index >= 15 is 0 Å². The highest BCUT2D eigenvalue weighted by Gasteiger charge is 1.97. The molecule has 0 N–H and O–H groups in total. The highest BCUT2D eigenvalue weighted by Crippen LogP contribution is 2.32. The van der Waals surface area contributed by atoms with Gasteiger partial charge in [0.05, 0.1) is 4.21 Å². The van der Waals surface area contributed by atoms with Crippen LogP contribution in [0.2, 0.25) is 5.02 Å². The zero-order chi connectivity index (χ0) is 9.10. The van der Waals surface area contributed by atoms with Crippen molar-refractivity contribution in [2.24, 2.45) is 0 Å². The number of hydrogen-bond acceptors (Lipinski definition) is 2. The lowest BCUT2D eigenvalue weighted by molar-refractivity contribution is 1.46. The molecule has 0 bridgehead atoms. The molecule has 0 saturated carbocycles. The molecule has 0 radical (unpaired) electrons. The minimum absolute atomic E-state index is 0.793. The van der Waals surface area contributed by atoms with E-state index < -0.39 is 0 Å². The Morgan fingerprint density at radius 1 is 1.15 bits per heavy atom. The van der Waals surface area contributed by atoms with E-state index in [-0.39, 0.29) is 0 Å². The molecule has 0 aliphatic rings. The van der Waals surface area contributed by atoms with Gasteiger partial charge in [-0.15, -0.1) is 11.3 Å². The van der Waals surface area contributed by atoms with Crippen molar-refractivity contribution in [2.75, 3.05) is 0 Å². The standard InChI is InChI=1S/C10H7ClS2/c11-8-3-1-4-9(7-8)13-10-5-2-6-12-10/h1-7H. The summed E-state index contributed by atoms with van der Waals surface area (Å²) in [6, 6.07) is 12.1. The van der Waals surface area contributed by atoms with Crippen molar-refractivity contribution in [3.63, 3.8) is 0 Å². The van der Waals surface area contributed by atoms with Crippen molar-refractivity contribution in [1.29, 1.82) is 0 Å². The zero-order valence-corrected chi connectivity index (χ0v) is 9.12. The third-order valence-electron chi connectivity index (χ3n) is 1.51. The Kier molecular flexibility index (Phi) is 2.94. The Balaban J connectivity index is 2.19. The molecule has 3 heteroatoms. The Bertz CT molecular complexity index is 382. The van der Waals surface area contributed by atoms with Gasteiger partial charge in [0.15, 0.2) is 0 Å². The second-order valence-corrected chi connectivity index (χ2v) is 5.25. The first-order valence-corrected chi connectivity index (χ1v) is 5.89. The monoisotopic (exact) mass is 226 g/mol. The van der Waals surface area contributed by atoms with Gasteiger partial charge in [-0.2, -0.15) is 0 Å². The average molecular weight is 227 g/mol. The third kappa shape index (κ3) is 2.50. The second kappa shape index (κ2) is 4.18. The normalized spacial score (nSPS) is 10.2. The summed E-state index contributed by atoms with van der Waals surface area (Å²) in [5.41, 5.74) is 0. The molecule has 2 aromatic rings. The largest absolute Gasteiger partial charge is 0.137 e. The molecule has 1 aromatic carbocycles. The van der Waals surface area contributed by atoms with Crippen LogP contribution in [0, 0.1) is 0 Å². The fourth-order valence-corrected chi connectivity index (χ4v) is 3.03. The minimum atomic E-state index is 0.793. The summed E-state index contributed by atoms with van der Waals surface area (Å²) >= 11 is 9.36. The number of halogens is 1. The van der Waals surface area contributed by atoms with Gasteiger partial charge in [-0.1, -0.05) is 35.5 Å². The van der Waals surface area contributed by atoms with E-state index in [0.29, 0.717) is 0 Å². The fraction of sp³-hybridized carbons (Fsp3) is 0. The molecule has 1 heterocycles. The molecule has 0 aliphatic heterocycles. The van der Waals surface area contributed by atoms with Gasteiger partial charge >= 0.3 is 0 Å². The first-order chi connectivity index (χ1) is 6.34. The van der Waals surface area contributed by atoms with E-state index in [1.807, 2.05) is 18.2 Å². The maximum Gasteiger partial charge on any atom is 0.0646 e. The van der Waals surface area contributed by atoms with Gasteiger partial charge < -0.3 is 0 Å². The fourth-order valence-electron chi connectivity index (χ4n) is 0.968. The van der Waals surface area contributed by atoms with E-state index in [2.05, 4.69) is 23.6 Å². The molecule has 0 saturated heterocycles. The van der Waals surface area contributed by atoms with Crippen molar-refractivity contribution < 1.29 is 0 Å². The van der Waals surface area contributed by atoms with Crippen LogP contribution in [0.15, 0.2) is 50.9 Å². The van der Waals surface area contributed by atoms with Crippen molar-refractivity contribution in [3.8, 4) is 0 Å². The molecular formula is C10H7ClS2. The highest BCUT2D eigenvalue weighted by molar-refractivity contribution is 8.01. The quantitative estimate of drug-likeness (QED) is 0.724. The molecular weight excluding hydrogens is 220 g/mol. The molecule has 13 heavy (non-hydrogen) atoms. The number of hydrogen-bond donors (Lipinski definition) is 0. The van der Waals surface area contributed by atoms with Crippen LogP contribution in [0.5, 0.6) is 0 Å². The molecule has 0 atom stereocenters. The molecule has 0 unspecified atom stereocenters. The molecule has 66 valence electrons. The van der Waals surface area contributed by atoms with Crippen LogP contribution >= 0.6 is 34.7 Å². The van der Waals surface area contributed by atoms with Crippen molar-refractivity contribution in [1.82, 2.24) is 0 Å². The summed E-state index contributed by atoms with van der Waals surface area (Å²) in [4.78, 5) is 1.19. The summed E-state index contributed by atoms with van der Waals surface area (Å²) in [7, 11) is 0. The van der Waals surface area contributed by atoms with E-state index in [9.17, 15) is 0 Å². The second-order valence-electron chi connectivity index (χ2n) is 2.49. The van der Waals surface area contributed by atoms with Crippen LogP contribution in [0.3, 0.4) is 0 Å². The Hall–Kier alpha value is -0.440. The smallest absolute Gasteiger partial charge is 0.0646 e. The number of benzene rings is 1. The van der Waals surface area contributed by atoms with Crippen LogP contribution in [-0.4, -0.2) is 0 Å². The molecule has 0 fully saturated rings. The SMILES string of the molecule is Clc1cccc(Sc2cccs2)c1. The predicted octanol–water partition coefficient (Wildman–Crippen LogP) is 4.55. The third-order valence-corrected chi connectivity index (χ3v) is 3.77. The van der Waals surface area contributed by atoms with Crippen LogP contribution < -0.4 is 0 Å². The topological polar surface area (TPSA) is 0 Å². The summed E-state index contributed by atoms with van der Waals surface area (Å²) in [6.45, 7) is 0. The molecule has 0 amide bonds. The zero-order valence-electron chi connectivity index (χ0n) is 6.74. The number of thiophene rings is 1. The van der Waals surface area contributed by atoms with Crippen LogP contribution in [-0.2, 0) is 0 Å². The predicted molar refractivity (Wildman–Crippen MR) is 59.9 cm³/mol. The van der Waals surface area contributed by atoms with E-state index in [1.165, 1.54) is 9.10 Å². The maximum atomic E-state index is 5.88. The summed E-state index contributed by atoms with van der Waals surface area (Å²) in [6.07, 6.45) is 0. The van der Waals surface area contributed by atoms with Gasteiger partial charge in [-0.3, -0.25) is 0 Å². The highest BCUT2D eigenvalue weighted by atomic mass is 35.5. The van der Waals surface area contributed by atoms with Crippen LogP contribution in [0.4, 0.5) is 0 Å². The molecule has 2 rings (SSSR count).